The third-order valence-corrected chi connectivity index (χ3v) is 8.90. The highest BCUT2D eigenvalue weighted by Crippen LogP contribution is 2.33. The number of ether oxygens (including phenoxy) is 1. The highest BCUT2D eigenvalue weighted by Gasteiger charge is 2.35. The molecule has 0 aliphatic carbocycles. The molecule has 37 heavy (non-hydrogen) atoms. The van der Waals surface area contributed by atoms with Gasteiger partial charge >= 0.3 is 0 Å². The second-order valence-corrected chi connectivity index (χ2v) is 11.8. The van der Waals surface area contributed by atoms with Crippen molar-refractivity contribution in [2.45, 2.75) is 38.7 Å². The molecule has 2 aliphatic rings. The highest BCUT2D eigenvalue weighted by molar-refractivity contribution is 7.96. The monoisotopic (exact) mass is 549 g/mol. The fourth-order valence-electron chi connectivity index (χ4n) is 4.60. The fraction of sp³-hybridized carbons (Fsp3) is 0.462. The molecule has 4 rings (SSSR count). The van der Waals surface area contributed by atoms with E-state index in [0.717, 1.165) is 31.7 Å². The number of pyridine rings is 1. The Kier molecular flexibility index (Phi) is 8.52. The van der Waals surface area contributed by atoms with Crippen molar-refractivity contribution in [3.05, 3.63) is 58.7 Å². The smallest absolute Gasteiger partial charge is 0.263 e. The Hall–Kier alpha value is -2.53. The van der Waals surface area contributed by atoms with Gasteiger partial charge in [0.15, 0.2) is 0 Å². The second-order valence-electron chi connectivity index (χ2n) is 9.64. The van der Waals surface area contributed by atoms with Gasteiger partial charge in [-0.15, -0.1) is 11.6 Å². The van der Waals surface area contributed by atoms with Crippen LogP contribution in [0.2, 0.25) is 0 Å². The van der Waals surface area contributed by atoms with Crippen LogP contribution in [0.25, 0.3) is 11.3 Å². The van der Waals surface area contributed by atoms with E-state index in [1.807, 2.05) is 6.07 Å². The van der Waals surface area contributed by atoms with Crippen molar-refractivity contribution in [2.24, 2.45) is 10.9 Å². The lowest BCUT2D eigenvalue weighted by atomic mass is 10.1. The number of hydrogen-bond acceptors (Lipinski definition) is 7. The first kappa shape index (κ1) is 27.5. The maximum atomic E-state index is 15.1. The van der Waals surface area contributed by atoms with Gasteiger partial charge in [-0.2, -0.15) is 0 Å². The van der Waals surface area contributed by atoms with Crippen LogP contribution in [0.5, 0.6) is 0 Å². The normalized spacial score (nSPS) is 21.5. The summed E-state index contributed by atoms with van der Waals surface area (Å²) in [6, 6.07) is 8.65. The molecule has 2 aliphatic heterocycles. The maximum Gasteiger partial charge on any atom is 0.263 e. The minimum absolute atomic E-state index is 0.0153. The third kappa shape index (κ3) is 6.31. The molecule has 2 aromatic rings. The van der Waals surface area contributed by atoms with E-state index >= 15 is 4.39 Å². The number of nitrogens with zero attached hydrogens (tertiary/aromatic N) is 4. The summed E-state index contributed by atoms with van der Waals surface area (Å²) < 4.78 is 49.3. The first-order chi connectivity index (χ1) is 17.6. The molecule has 0 saturated carbocycles. The zero-order valence-corrected chi connectivity index (χ0v) is 23.1. The SMILES string of the molecule is COC1=C(S(=O)(=O)Nc2ccnc(-c3ccc(CN4CCN(C(C)C)CC4)cc3F)c2)C(C)C(Cl)C=N1. The number of hydrogen-bond donors (Lipinski definition) is 1. The molecule has 0 radical (unpaired) electrons. The van der Waals surface area contributed by atoms with Crippen molar-refractivity contribution in [2.75, 3.05) is 38.0 Å². The van der Waals surface area contributed by atoms with Gasteiger partial charge in [-0.3, -0.25) is 19.5 Å². The molecular formula is C26H33ClFN5O3S. The Bertz CT molecular complexity index is 1290. The number of methoxy groups -OCH3 is 1. The van der Waals surface area contributed by atoms with Gasteiger partial charge in [0, 0.05) is 62.7 Å². The number of aromatic nitrogens is 1. The lowest BCUT2D eigenvalue weighted by Crippen LogP contribution is -2.48. The van der Waals surface area contributed by atoms with Crippen molar-refractivity contribution in [3.8, 4) is 11.3 Å². The molecule has 1 N–H and O–H groups in total. The van der Waals surface area contributed by atoms with Crippen LogP contribution in [0.3, 0.4) is 0 Å². The Morgan fingerprint density at radius 3 is 2.57 bits per heavy atom. The lowest BCUT2D eigenvalue weighted by molar-refractivity contribution is 0.104. The molecule has 11 heteroatoms. The Labute approximate surface area is 223 Å². The van der Waals surface area contributed by atoms with E-state index in [2.05, 4.69) is 38.3 Å². The number of nitrogens with one attached hydrogen (secondary N) is 1. The molecule has 1 saturated heterocycles. The van der Waals surface area contributed by atoms with E-state index in [4.69, 9.17) is 16.3 Å². The van der Waals surface area contributed by atoms with Gasteiger partial charge in [-0.1, -0.05) is 13.0 Å². The third-order valence-electron chi connectivity index (χ3n) is 6.78. The van der Waals surface area contributed by atoms with E-state index in [0.29, 0.717) is 23.8 Å². The first-order valence-electron chi connectivity index (χ1n) is 12.3. The molecule has 3 heterocycles. The number of alkyl halides is 1. The van der Waals surface area contributed by atoms with Gasteiger partial charge in [-0.25, -0.2) is 17.8 Å². The quantitative estimate of drug-likeness (QED) is 0.494. The molecule has 0 amide bonds. The van der Waals surface area contributed by atoms with Gasteiger partial charge in [0.1, 0.15) is 10.7 Å². The Morgan fingerprint density at radius 1 is 1.19 bits per heavy atom. The summed E-state index contributed by atoms with van der Waals surface area (Å²) in [4.78, 5) is 13.0. The molecule has 2 unspecified atom stereocenters. The molecule has 0 bridgehead atoms. The van der Waals surface area contributed by atoms with E-state index < -0.39 is 27.1 Å². The van der Waals surface area contributed by atoms with Gasteiger partial charge in [0.2, 0.25) is 5.88 Å². The number of piperazine rings is 1. The van der Waals surface area contributed by atoms with Gasteiger partial charge < -0.3 is 4.74 Å². The lowest BCUT2D eigenvalue weighted by Gasteiger charge is -2.36. The molecular weight excluding hydrogens is 517 g/mol. The molecule has 0 spiro atoms. The van der Waals surface area contributed by atoms with E-state index in [1.54, 1.807) is 13.0 Å². The summed E-state index contributed by atoms with van der Waals surface area (Å²) in [5.41, 5.74) is 1.74. The molecule has 200 valence electrons. The zero-order chi connectivity index (χ0) is 26.7. The zero-order valence-electron chi connectivity index (χ0n) is 21.5. The number of rotatable bonds is 8. The molecule has 1 aromatic carbocycles. The molecule has 1 fully saturated rings. The van der Waals surface area contributed by atoms with Crippen LogP contribution in [0.1, 0.15) is 26.3 Å². The largest absolute Gasteiger partial charge is 0.480 e. The summed E-state index contributed by atoms with van der Waals surface area (Å²) in [5, 5.41) is -0.592. The number of allylic oxidation sites excluding steroid dienone is 1. The topological polar surface area (TPSA) is 87.1 Å². The maximum absolute atomic E-state index is 15.1. The fourth-order valence-corrected chi connectivity index (χ4v) is 6.40. The van der Waals surface area contributed by atoms with Gasteiger partial charge in [-0.05, 0) is 43.7 Å². The Morgan fingerprint density at radius 2 is 1.92 bits per heavy atom. The first-order valence-corrected chi connectivity index (χ1v) is 14.2. The summed E-state index contributed by atoms with van der Waals surface area (Å²) in [5.74, 6) is -0.972. The number of benzene rings is 1. The predicted molar refractivity (Wildman–Crippen MR) is 145 cm³/mol. The van der Waals surface area contributed by atoms with Crippen LogP contribution in [0.4, 0.5) is 10.1 Å². The Balaban J connectivity index is 1.50. The van der Waals surface area contributed by atoms with Gasteiger partial charge in [0.05, 0.1) is 23.9 Å². The minimum atomic E-state index is -4.05. The molecule has 1 aromatic heterocycles. The average molecular weight is 550 g/mol. The highest BCUT2D eigenvalue weighted by atomic mass is 35.5. The van der Waals surface area contributed by atoms with Crippen molar-refractivity contribution >= 4 is 33.5 Å². The van der Waals surface area contributed by atoms with Crippen LogP contribution in [0, 0.1) is 11.7 Å². The van der Waals surface area contributed by atoms with Crippen molar-refractivity contribution in [3.63, 3.8) is 0 Å². The molecule has 8 nitrogen and oxygen atoms in total. The number of halogens is 2. The van der Waals surface area contributed by atoms with Crippen molar-refractivity contribution < 1.29 is 17.5 Å². The summed E-state index contributed by atoms with van der Waals surface area (Å²) in [7, 11) is -2.69. The molecule has 2 atom stereocenters. The standard InChI is InChI=1S/C26H33ClFN5O3S/c1-17(2)33-11-9-32(10-12-33)16-19-5-6-21(23(28)13-19)24-14-20(7-8-29-24)31-37(34,35)25-18(3)22(27)15-30-26(25)36-4/h5-8,13-15,17-18,22H,9-12,16H2,1-4H3,(H,29,31). The second kappa shape index (κ2) is 11.5. The number of aliphatic imine (C=N–C) groups is 1. The average Bonchev–Trinajstić information content (AvgIpc) is 2.85. The van der Waals surface area contributed by atoms with Crippen LogP contribution in [0.15, 0.2) is 52.3 Å². The predicted octanol–water partition coefficient (Wildman–Crippen LogP) is 4.30. The van der Waals surface area contributed by atoms with E-state index in [1.165, 1.54) is 37.7 Å². The van der Waals surface area contributed by atoms with Crippen LogP contribution >= 0.6 is 11.6 Å². The van der Waals surface area contributed by atoms with Crippen LogP contribution in [-0.2, 0) is 21.3 Å². The minimum Gasteiger partial charge on any atom is -0.480 e. The van der Waals surface area contributed by atoms with E-state index in [-0.39, 0.29) is 16.5 Å². The summed E-state index contributed by atoms with van der Waals surface area (Å²) >= 11 is 6.22. The van der Waals surface area contributed by atoms with Crippen molar-refractivity contribution in [1.82, 2.24) is 14.8 Å². The summed E-state index contributed by atoms with van der Waals surface area (Å²) in [6.07, 6.45) is 2.89. The summed E-state index contributed by atoms with van der Waals surface area (Å²) in [6.45, 7) is 10.7. The number of anilines is 1. The van der Waals surface area contributed by atoms with Crippen molar-refractivity contribution in [1.29, 1.82) is 0 Å². The van der Waals surface area contributed by atoms with Gasteiger partial charge in [0.25, 0.3) is 10.0 Å². The number of sulfonamides is 1. The van der Waals surface area contributed by atoms with E-state index in [9.17, 15) is 8.42 Å². The van der Waals surface area contributed by atoms with Crippen LogP contribution in [-0.4, -0.2) is 74.1 Å². The van der Waals surface area contributed by atoms with Crippen LogP contribution < -0.4 is 4.72 Å².